The van der Waals surface area contributed by atoms with Crippen LogP contribution in [-0.4, -0.2) is 17.6 Å². The summed E-state index contributed by atoms with van der Waals surface area (Å²) in [6.45, 7) is 2.27. The number of rotatable bonds is 3. The van der Waals surface area contributed by atoms with E-state index in [1.165, 1.54) is 0 Å². The van der Waals surface area contributed by atoms with Gasteiger partial charge in [0.2, 0.25) is 0 Å². The van der Waals surface area contributed by atoms with Crippen LogP contribution >= 0.6 is 0 Å². The first-order valence-electron chi connectivity index (χ1n) is 6.73. The van der Waals surface area contributed by atoms with Crippen LogP contribution < -0.4 is 5.32 Å². The van der Waals surface area contributed by atoms with E-state index in [1.807, 2.05) is 37.3 Å². The van der Waals surface area contributed by atoms with Gasteiger partial charge in [-0.05, 0) is 24.6 Å². The minimum Gasteiger partial charge on any atom is -0.384 e. The standard InChI is InChI=1S/C18H17NO2/c1-14-6-4-7-15(12-14)13-19-18(21)17-10-3-2-8-16(17)9-5-11-20/h2-4,6-8,10,12,20H,11,13H2,1H3,(H,19,21). The molecule has 0 heterocycles. The molecule has 0 aromatic heterocycles. The molecule has 106 valence electrons. The third-order valence-electron chi connectivity index (χ3n) is 3.01. The van der Waals surface area contributed by atoms with Crippen molar-refractivity contribution in [2.75, 3.05) is 6.61 Å². The van der Waals surface area contributed by atoms with Gasteiger partial charge >= 0.3 is 0 Å². The maximum Gasteiger partial charge on any atom is 0.252 e. The Labute approximate surface area is 124 Å². The Morgan fingerprint density at radius 3 is 2.76 bits per heavy atom. The number of benzene rings is 2. The van der Waals surface area contributed by atoms with E-state index in [0.717, 1.165) is 11.1 Å². The molecule has 0 fully saturated rings. The van der Waals surface area contributed by atoms with E-state index in [9.17, 15) is 4.79 Å². The van der Waals surface area contributed by atoms with Gasteiger partial charge in [0.15, 0.2) is 0 Å². The lowest BCUT2D eigenvalue weighted by Crippen LogP contribution is -2.23. The molecule has 2 aromatic carbocycles. The molecule has 0 atom stereocenters. The summed E-state index contributed by atoms with van der Waals surface area (Å²) in [6.07, 6.45) is 0. The van der Waals surface area contributed by atoms with Gasteiger partial charge in [0.25, 0.3) is 5.91 Å². The minimum atomic E-state index is -0.223. The average Bonchev–Trinajstić information content (AvgIpc) is 2.51. The maximum atomic E-state index is 12.2. The molecule has 0 bridgehead atoms. The van der Waals surface area contributed by atoms with Crippen LogP contribution in [0.4, 0.5) is 0 Å². The monoisotopic (exact) mass is 279 g/mol. The summed E-state index contributed by atoms with van der Waals surface area (Å²) >= 11 is 0. The smallest absolute Gasteiger partial charge is 0.252 e. The average molecular weight is 279 g/mol. The topological polar surface area (TPSA) is 49.3 Å². The van der Waals surface area contributed by atoms with Gasteiger partial charge in [0.1, 0.15) is 6.61 Å². The lowest BCUT2D eigenvalue weighted by molar-refractivity contribution is 0.0950. The summed E-state index contributed by atoms with van der Waals surface area (Å²) < 4.78 is 0. The first kappa shape index (κ1) is 14.8. The molecular formula is C18H17NO2. The second-order valence-electron chi connectivity index (χ2n) is 4.68. The van der Waals surface area contributed by atoms with E-state index in [4.69, 9.17) is 5.11 Å². The zero-order valence-electron chi connectivity index (χ0n) is 11.9. The fraction of sp³-hybridized carbons (Fsp3) is 0.167. The van der Waals surface area contributed by atoms with Gasteiger partial charge in [-0.1, -0.05) is 53.8 Å². The minimum absolute atomic E-state index is 0.167. The van der Waals surface area contributed by atoms with Crippen molar-refractivity contribution in [3.63, 3.8) is 0 Å². The van der Waals surface area contributed by atoms with Crippen molar-refractivity contribution in [1.29, 1.82) is 0 Å². The molecule has 2 aromatic rings. The molecule has 2 rings (SSSR count). The largest absolute Gasteiger partial charge is 0.384 e. The highest BCUT2D eigenvalue weighted by Crippen LogP contribution is 2.08. The fourth-order valence-electron chi connectivity index (χ4n) is 2.02. The molecule has 3 heteroatoms. The number of amides is 1. The third-order valence-corrected chi connectivity index (χ3v) is 3.01. The highest BCUT2D eigenvalue weighted by atomic mass is 16.2. The van der Waals surface area contributed by atoms with Crippen LogP contribution in [0, 0.1) is 18.8 Å². The zero-order valence-corrected chi connectivity index (χ0v) is 11.9. The van der Waals surface area contributed by atoms with E-state index in [1.54, 1.807) is 18.2 Å². The van der Waals surface area contributed by atoms with Crippen molar-refractivity contribution < 1.29 is 9.90 Å². The number of hydrogen-bond acceptors (Lipinski definition) is 2. The van der Waals surface area contributed by atoms with Crippen LogP contribution in [0.5, 0.6) is 0 Å². The summed E-state index contributed by atoms with van der Waals surface area (Å²) in [6, 6.07) is 15.1. The first-order chi connectivity index (χ1) is 10.2. The Balaban J connectivity index is 2.10. The SMILES string of the molecule is Cc1cccc(CNC(=O)c2ccccc2C#CCO)c1. The van der Waals surface area contributed by atoms with Gasteiger partial charge in [0, 0.05) is 12.1 Å². The second-order valence-corrected chi connectivity index (χ2v) is 4.68. The van der Waals surface area contributed by atoms with Crippen LogP contribution in [0.1, 0.15) is 27.0 Å². The van der Waals surface area contributed by atoms with Gasteiger partial charge < -0.3 is 10.4 Å². The van der Waals surface area contributed by atoms with Crippen molar-refractivity contribution in [2.24, 2.45) is 0 Å². The third kappa shape index (κ3) is 4.20. The lowest BCUT2D eigenvalue weighted by atomic mass is 10.1. The molecule has 0 aliphatic heterocycles. The Morgan fingerprint density at radius 1 is 1.19 bits per heavy atom. The van der Waals surface area contributed by atoms with E-state index < -0.39 is 0 Å². The van der Waals surface area contributed by atoms with Gasteiger partial charge in [-0.2, -0.15) is 0 Å². The Bertz CT molecular complexity index is 696. The zero-order chi connectivity index (χ0) is 15.1. The summed E-state index contributed by atoms with van der Waals surface area (Å²) in [5.41, 5.74) is 3.36. The normalized spacial score (nSPS) is 9.62. The molecule has 0 saturated carbocycles. The summed E-state index contributed by atoms with van der Waals surface area (Å²) in [7, 11) is 0. The quantitative estimate of drug-likeness (QED) is 0.847. The van der Waals surface area contributed by atoms with E-state index >= 15 is 0 Å². The number of hydrogen-bond donors (Lipinski definition) is 2. The van der Waals surface area contributed by atoms with Crippen molar-refractivity contribution in [3.8, 4) is 11.8 Å². The van der Waals surface area contributed by atoms with Crippen molar-refractivity contribution in [1.82, 2.24) is 5.32 Å². The molecule has 0 radical (unpaired) electrons. The molecular weight excluding hydrogens is 262 g/mol. The van der Waals surface area contributed by atoms with Crippen molar-refractivity contribution in [2.45, 2.75) is 13.5 Å². The molecule has 0 unspecified atom stereocenters. The predicted molar refractivity (Wildman–Crippen MR) is 82.8 cm³/mol. The van der Waals surface area contributed by atoms with Crippen molar-refractivity contribution in [3.05, 3.63) is 70.8 Å². The number of nitrogens with one attached hydrogen (secondary N) is 1. The van der Waals surface area contributed by atoms with Gasteiger partial charge in [0.05, 0.1) is 5.56 Å². The lowest BCUT2D eigenvalue weighted by Gasteiger charge is -2.07. The summed E-state index contributed by atoms with van der Waals surface area (Å²) in [5, 5.41) is 11.7. The van der Waals surface area contributed by atoms with E-state index in [-0.39, 0.29) is 12.5 Å². The molecule has 21 heavy (non-hydrogen) atoms. The van der Waals surface area contributed by atoms with Crippen LogP contribution in [-0.2, 0) is 6.54 Å². The highest BCUT2D eigenvalue weighted by molar-refractivity contribution is 5.96. The number of aliphatic hydroxyl groups excluding tert-OH is 1. The van der Waals surface area contributed by atoms with E-state index in [0.29, 0.717) is 17.7 Å². The maximum absolute atomic E-state index is 12.2. The molecule has 3 nitrogen and oxygen atoms in total. The van der Waals surface area contributed by atoms with Gasteiger partial charge in [-0.25, -0.2) is 0 Å². The first-order valence-corrected chi connectivity index (χ1v) is 6.73. The van der Waals surface area contributed by atoms with Crippen LogP contribution in [0.3, 0.4) is 0 Å². The molecule has 0 aliphatic carbocycles. The fourth-order valence-corrected chi connectivity index (χ4v) is 2.02. The molecule has 1 amide bonds. The van der Waals surface area contributed by atoms with Crippen LogP contribution in [0.2, 0.25) is 0 Å². The summed E-state index contributed by atoms with van der Waals surface area (Å²) in [4.78, 5) is 12.2. The predicted octanol–water partition coefficient (Wildman–Crippen LogP) is 2.27. The number of carbonyl (C=O) groups is 1. The van der Waals surface area contributed by atoms with Crippen LogP contribution in [0.25, 0.3) is 0 Å². The number of aliphatic hydroxyl groups is 1. The number of carbonyl (C=O) groups excluding carboxylic acids is 1. The molecule has 0 aliphatic rings. The Hall–Kier alpha value is -2.57. The van der Waals surface area contributed by atoms with Gasteiger partial charge in [-0.3, -0.25) is 4.79 Å². The molecule has 0 saturated heterocycles. The van der Waals surface area contributed by atoms with Crippen LogP contribution in [0.15, 0.2) is 48.5 Å². The van der Waals surface area contributed by atoms with Crippen molar-refractivity contribution >= 4 is 5.91 Å². The van der Waals surface area contributed by atoms with Gasteiger partial charge in [-0.15, -0.1) is 0 Å². The Morgan fingerprint density at radius 2 is 2.00 bits per heavy atom. The highest BCUT2D eigenvalue weighted by Gasteiger charge is 2.09. The Kier molecular flexibility index (Phi) is 5.14. The van der Waals surface area contributed by atoms with E-state index in [2.05, 4.69) is 17.2 Å². The second kappa shape index (κ2) is 7.28. The number of aryl methyl sites for hydroxylation is 1. The molecule has 2 N–H and O–H groups in total. The summed E-state index contributed by atoms with van der Waals surface area (Å²) in [5.74, 6) is 5.19. The molecule has 0 spiro atoms.